The molecule has 0 saturated heterocycles. The summed E-state index contributed by atoms with van der Waals surface area (Å²) in [5.74, 6) is 0. The summed E-state index contributed by atoms with van der Waals surface area (Å²) >= 11 is 0. The molecule has 4 N–H and O–H groups in total. The van der Waals surface area contributed by atoms with Crippen LogP contribution in [0.15, 0.2) is 50.6 Å². The summed E-state index contributed by atoms with van der Waals surface area (Å²) in [6.45, 7) is 24.9. The van der Waals surface area contributed by atoms with E-state index in [1.165, 1.54) is 0 Å². The van der Waals surface area contributed by atoms with E-state index in [4.69, 9.17) is 5.73 Å². The molecule has 0 aromatic carbocycles. The van der Waals surface area contributed by atoms with E-state index in [2.05, 4.69) is 94.1 Å². The molecule has 0 aliphatic rings. The molecule has 0 aliphatic carbocycles. The van der Waals surface area contributed by atoms with Crippen LogP contribution in [0.1, 0.15) is 58.8 Å². The lowest BCUT2D eigenvalue weighted by atomic mass is 9.53. The molecule has 0 rings (SSSR count). The molecule has 0 spiro atoms. The van der Waals surface area contributed by atoms with Crippen LogP contribution in [-0.2, 0) is 0 Å². The van der Waals surface area contributed by atoms with E-state index in [1.807, 2.05) is 0 Å². The van der Waals surface area contributed by atoms with Crippen molar-refractivity contribution in [1.82, 2.24) is 15.5 Å². The number of hydrogen-bond acceptors (Lipinski definition) is 4. The molecule has 0 aromatic heterocycles. The van der Waals surface area contributed by atoms with Crippen LogP contribution >= 0.6 is 0 Å². The normalized spacial score (nSPS) is 12.7. The Labute approximate surface area is 187 Å². The second kappa shape index (κ2) is 14.7. The maximum absolute atomic E-state index is 5.56. The Hall–Kier alpha value is -1.20. The Morgan fingerprint density at radius 1 is 0.767 bits per heavy atom. The van der Waals surface area contributed by atoms with Gasteiger partial charge in [0.25, 0.3) is 0 Å². The number of nitrogens with two attached hydrogens (primary N) is 1. The van der Waals surface area contributed by atoms with E-state index >= 15 is 0 Å². The minimum Gasteiger partial charge on any atom is -0.330 e. The van der Waals surface area contributed by atoms with Gasteiger partial charge in [-0.3, -0.25) is 0 Å². The number of rotatable bonds is 20. The van der Waals surface area contributed by atoms with Crippen molar-refractivity contribution in [2.24, 2.45) is 11.1 Å². The van der Waals surface area contributed by atoms with Gasteiger partial charge < -0.3 is 21.3 Å². The fraction of sp³-hybridized carbons (Fsp3) is 0.692. The fourth-order valence-corrected chi connectivity index (χ4v) is 4.82. The molecule has 4 heteroatoms. The second-order valence-electron chi connectivity index (χ2n) is 9.11. The van der Waals surface area contributed by atoms with Crippen molar-refractivity contribution >= 4 is 0 Å². The molecule has 0 heterocycles. The first-order valence-electron chi connectivity index (χ1n) is 11.5. The molecule has 0 aromatic rings. The lowest BCUT2D eigenvalue weighted by Crippen LogP contribution is -2.69. The predicted molar refractivity (Wildman–Crippen MR) is 136 cm³/mol. The van der Waals surface area contributed by atoms with Crippen LogP contribution in [0.2, 0.25) is 0 Å². The fourth-order valence-electron chi connectivity index (χ4n) is 4.82. The zero-order chi connectivity index (χ0) is 23.1. The minimum atomic E-state index is -0.181. The van der Waals surface area contributed by atoms with E-state index in [1.54, 1.807) is 0 Å². The summed E-state index contributed by atoms with van der Waals surface area (Å²) in [4.78, 5) is 2.34. The van der Waals surface area contributed by atoms with Crippen molar-refractivity contribution in [2.45, 2.75) is 69.9 Å². The number of unbranched alkanes of at least 4 members (excludes halogenated alkanes) is 1. The highest BCUT2D eigenvalue weighted by Crippen LogP contribution is 2.53. The zero-order valence-electron chi connectivity index (χ0n) is 20.4. The van der Waals surface area contributed by atoms with E-state index in [0.29, 0.717) is 0 Å². The molecule has 0 atom stereocenters. The summed E-state index contributed by atoms with van der Waals surface area (Å²) in [6, 6.07) is 0. The highest BCUT2D eigenvalue weighted by molar-refractivity contribution is 5.20. The molecule has 30 heavy (non-hydrogen) atoms. The zero-order valence-corrected chi connectivity index (χ0v) is 20.4. The molecule has 0 saturated carbocycles. The van der Waals surface area contributed by atoms with Crippen molar-refractivity contribution in [3.05, 3.63) is 50.6 Å². The van der Waals surface area contributed by atoms with Crippen molar-refractivity contribution < 1.29 is 0 Å². The smallest absolute Gasteiger partial charge is 0.0329 e. The summed E-state index contributed by atoms with van der Waals surface area (Å²) in [7, 11) is 4.33. The largest absolute Gasteiger partial charge is 0.330 e. The first-order chi connectivity index (χ1) is 14.2. The second-order valence-corrected chi connectivity index (χ2v) is 9.11. The average molecular weight is 419 g/mol. The van der Waals surface area contributed by atoms with Crippen molar-refractivity contribution in [2.75, 3.05) is 40.3 Å². The Morgan fingerprint density at radius 2 is 1.23 bits per heavy atom. The summed E-state index contributed by atoms with van der Waals surface area (Å²) < 4.78 is 0. The van der Waals surface area contributed by atoms with Crippen molar-refractivity contribution in [3.63, 3.8) is 0 Å². The van der Waals surface area contributed by atoms with Crippen LogP contribution in [0.25, 0.3) is 0 Å². The Kier molecular flexibility index (Phi) is 14.2. The number of allylic oxidation sites excluding steroid dienone is 2. The maximum atomic E-state index is 5.56. The van der Waals surface area contributed by atoms with E-state index in [0.717, 1.165) is 71.1 Å². The van der Waals surface area contributed by atoms with Crippen LogP contribution in [0.4, 0.5) is 0 Å². The molecule has 0 amide bonds. The summed E-state index contributed by atoms with van der Waals surface area (Å²) in [5.41, 5.74) is 5.16. The van der Waals surface area contributed by atoms with E-state index in [-0.39, 0.29) is 16.5 Å². The van der Waals surface area contributed by atoms with Gasteiger partial charge in [0.05, 0.1) is 0 Å². The van der Waals surface area contributed by atoms with Crippen molar-refractivity contribution in [1.29, 1.82) is 0 Å². The highest BCUT2D eigenvalue weighted by atomic mass is 15.2. The predicted octanol–water partition coefficient (Wildman–Crippen LogP) is 4.66. The van der Waals surface area contributed by atoms with E-state index in [9.17, 15) is 0 Å². The topological polar surface area (TPSA) is 53.3 Å². The van der Waals surface area contributed by atoms with Gasteiger partial charge in [0.1, 0.15) is 0 Å². The Bertz CT molecular complexity index is 487. The van der Waals surface area contributed by atoms with Gasteiger partial charge in [0, 0.05) is 16.5 Å². The molecular formula is C26H50N4. The molecule has 174 valence electrons. The first kappa shape index (κ1) is 28.8. The van der Waals surface area contributed by atoms with Gasteiger partial charge in [-0.05, 0) is 99.1 Å². The Morgan fingerprint density at radius 3 is 1.67 bits per heavy atom. The van der Waals surface area contributed by atoms with E-state index < -0.39 is 0 Å². The SMILES string of the molecule is C=CCC(CC=C)(NCCCCNCCCN)C(CC=C)(CC=C)C(C)(C)N(C)C. The third-order valence-electron chi connectivity index (χ3n) is 6.98. The summed E-state index contributed by atoms with van der Waals surface area (Å²) in [5, 5.41) is 7.47. The molecule has 4 nitrogen and oxygen atoms in total. The third-order valence-corrected chi connectivity index (χ3v) is 6.98. The van der Waals surface area contributed by atoms with Gasteiger partial charge >= 0.3 is 0 Å². The van der Waals surface area contributed by atoms with Crippen LogP contribution in [0, 0.1) is 5.41 Å². The first-order valence-corrected chi connectivity index (χ1v) is 11.5. The maximum Gasteiger partial charge on any atom is 0.0329 e. The molecule has 0 bridgehead atoms. The highest BCUT2D eigenvalue weighted by Gasteiger charge is 2.57. The van der Waals surface area contributed by atoms with Gasteiger partial charge in [-0.15, -0.1) is 26.3 Å². The van der Waals surface area contributed by atoms with Crippen LogP contribution < -0.4 is 16.4 Å². The minimum absolute atomic E-state index is 0.0990. The molecule has 0 radical (unpaired) electrons. The molecule has 0 unspecified atom stereocenters. The average Bonchev–Trinajstić information content (AvgIpc) is 2.69. The number of hydrogen-bond donors (Lipinski definition) is 3. The van der Waals surface area contributed by atoms with Gasteiger partial charge in [-0.25, -0.2) is 0 Å². The van der Waals surface area contributed by atoms with Crippen LogP contribution in [0.5, 0.6) is 0 Å². The third kappa shape index (κ3) is 7.19. The Balaban J connectivity index is 5.81. The molecule has 0 fully saturated rings. The van der Waals surface area contributed by atoms with Crippen LogP contribution in [-0.4, -0.2) is 56.3 Å². The lowest BCUT2D eigenvalue weighted by Gasteiger charge is -2.61. The number of nitrogens with one attached hydrogen (secondary N) is 2. The van der Waals surface area contributed by atoms with Gasteiger partial charge in [-0.2, -0.15) is 0 Å². The molecular weight excluding hydrogens is 368 g/mol. The van der Waals surface area contributed by atoms with Gasteiger partial charge in [-0.1, -0.05) is 24.3 Å². The number of nitrogens with zero attached hydrogens (tertiary/aromatic N) is 1. The van der Waals surface area contributed by atoms with Crippen LogP contribution in [0.3, 0.4) is 0 Å². The lowest BCUT2D eigenvalue weighted by molar-refractivity contribution is -0.0535. The quantitative estimate of drug-likeness (QED) is 0.199. The monoisotopic (exact) mass is 418 g/mol. The summed E-state index contributed by atoms with van der Waals surface area (Å²) in [6.07, 6.45) is 15.0. The standard InChI is InChI=1S/C26H50N4/c1-9-16-25(17-10-2,24(5,6)30(7)8)26(18-11-3,19-12-4)29-23-14-13-21-28-22-15-20-27/h9-12,28-29H,1-4,13-23,27H2,5-8H3. The van der Waals surface area contributed by atoms with Gasteiger partial charge in [0.15, 0.2) is 0 Å². The van der Waals surface area contributed by atoms with Crippen molar-refractivity contribution in [3.8, 4) is 0 Å². The molecule has 0 aliphatic heterocycles. The van der Waals surface area contributed by atoms with Gasteiger partial charge in [0.2, 0.25) is 0 Å².